The van der Waals surface area contributed by atoms with E-state index < -0.39 is 0 Å². The summed E-state index contributed by atoms with van der Waals surface area (Å²) in [5, 5.41) is 2.90. The van der Waals surface area contributed by atoms with Crippen LogP contribution in [0.25, 0.3) is 0 Å². The molecule has 1 N–H and O–H groups in total. The third-order valence-electron chi connectivity index (χ3n) is 3.81. The topological polar surface area (TPSA) is 56.8 Å². The van der Waals surface area contributed by atoms with Crippen LogP contribution in [0.4, 0.5) is 0 Å². The van der Waals surface area contributed by atoms with Crippen molar-refractivity contribution in [2.45, 2.75) is 26.5 Å². The molecule has 1 amide bonds. The number of aryl methyl sites for hydroxylation is 1. The average Bonchev–Trinajstić information content (AvgIpc) is 2.61. The molecule has 0 aliphatic rings. The first-order valence-corrected chi connectivity index (χ1v) is 8.20. The molecular weight excluding hydrogens is 318 g/mol. The molecule has 2 aromatic carbocycles. The third-order valence-corrected chi connectivity index (χ3v) is 3.81. The standard InChI is InChI=1S/C20H25NO4/c1-14-7-5-6-8-18(14)25-13-17-11-16(9-10-19(17)24-4)20(22)21-15(2)12-23-3/h5-11,15H,12-13H2,1-4H3,(H,21,22). The van der Waals surface area contributed by atoms with Gasteiger partial charge in [0.25, 0.3) is 5.91 Å². The minimum atomic E-state index is -0.149. The second-order valence-corrected chi connectivity index (χ2v) is 5.91. The molecule has 5 nitrogen and oxygen atoms in total. The number of methoxy groups -OCH3 is 2. The van der Waals surface area contributed by atoms with Gasteiger partial charge >= 0.3 is 0 Å². The zero-order chi connectivity index (χ0) is 18.2. The second kappa shape index (κ2) is 9.08. The SMILES string of the molecule is COCC(C)NC(=O)c1ccc(OC)c(COc2ccccc2C)c1. The first-order chi connectivity index (χ1) is 12.0. The first kappa shape index (κ1) is 18.8. The Hall–Kier alpha value is -2.53. The highest BCUT2D eigenvalue weighted by Gasteiger charge is 2.13. The Morgan fingerprint density at radius 3 is 2.56 bits per heavy atom. The van der Waals surface area contributed by atoms with Crippen molar-refractivity contribution in [3.8, 4) is 11.5 Å². The molecule has 0 radical (unpaired) electrons. The molecule has 0 aromatic heterocycles. The lowest BCUT2D eigenvalue weighted by Gasteiger charge is -2.15. The maximum Gasteiger partial charge on any atom is 0.251 e. The summed E-state index contributed by atoms with van der Waals surface area (Å²) in [6, 6.07) is 13.1. The fraction of sp³-hybridized carbons (Fsp3) is 0.350. The predicted molar refractivity (Wildman–Crippen MR) is 97.3 cm³/mol. The Kier molecular flexibility index (Phi) is 6.83. The number of carbonyl (C=O) groups is 1. The lowest BCUT2D eigenvalue weighted by atomic mass is 10.1. The second-order valence-electron chi connectivity index (χ2n) is 5.91. The van der Waals surface area contributed by atoms with E-state index in [0.29, 0.717) is 24.5 Å². The van der Waals surface area contributed by atoms with E-state index in [1.165, 1.54) is 0 Å². The first-order valence-electron chi connectivity index (χ1n) is 8.20. The van der Waals surface area contributed by atoms with Crippen LogP contribution in [0.3, 0.4) is 0 Å². The molecule has 1 unspecified atom stereocenters. The van der Waals surface area contributed by atoms with Crippen LogP contribution in [-0.4, -0.2) is 32.8 Å². The van der Waals surface area contributed by atoms with Crippen molar-refractivity contribution in [3.63, 3.8) is 0 Å². The lowest BCUT2D eigenvalue weighted by Crippen LogP contribution is -2.35. The maximum absolute atomic E-state index is 12.4. The van der Waals surface area contributed by atoms with Gasteiger partial charge in [-0.2, -0.15) is 0 Å². The fourth-order valence-corrected chi connectivity index (χ4v) is 2.51. The van der Waals surface area contributed by atoms with Crippen molar-refractivity contribution in [2.24, 2.45) is 0 Å². The average molecular weight is 343 g/mol. The molecule has 0 heterocycles. The van der Waals surface area contributed by atoms with Gasteiger partial charge in [0.1, 0.15) is 18.1 Å². The van der Waals surface area contributed by atoms with Gasteiger partial charge in [-0.3, -0.25) is 4.79 Å². The minimum Gasteiger partial charge on any atom is -0.496 e. The van der Waals surface area contributed by atoms with Crippen molar-refractivity contribution >= 4 is 5.91 Å². The van der Waals surface area contributed by atoms with Crippen molar-refractivity contribution in [1.29, 1.82) is 0 Å². The van der Waals surface area contributed by atoms with Gasteiger partial charge in [0.05, 0.1) is 13.7 Å². The van der Waals surface area contributed by atoms with Crippen LogP contribution in [0.1, 0.15) is 28.4 Å². The van der Waals surface area contributed by atoms with Crippen molar-refractivity contribution in [2.75, 3.05) is 20.8 Å². The summed E-state index contributed by atoms with van der Waals surface area (Å²) < 4.78 is 16.3. The molecule has 0 bridgehead atoms. The summed E-state index contributed by atoms with van der Waals surface area (Å²) in [6.07, 6.45) is 0. The van der Waals surface area contributed by atoms with Gasteiger partial charge < -0.3 is 19.5 Å². The van der Waals surface area contributed by atoms with E-state index in [2.05, 4.69) is 5.32 Å². The molecule has 0 aliphatic carbocycles. The Labute approximate surface area is 148 Å². The van der Waals surface area contributed by atoms with Crippen LogP contribution in [-0.2, 0) is 11.3 Å². The van der Waals surface area contributed by atoms with Crippen LogP contribution < -0.4 is 14.8 Å². The zero-order valence-corrected chi connectivity index (χ0v) is 15.2. The number of rotatable bonds is 8. The molecule has 134 valence electrons. The number of hydrogen-bond acceptors (Lipinski definition) is 4. The Morgan fingerprint density at radius 2 is 1.88 bits per heavy atom. The number of hydrogen-bond donors (Lipinski definition) is 1. The molecule has 2 aromatic rings. The molecule has 0 spiro atoms. The van der Waals surface area contributed by atoms with Crippen molar-refractivity contribution < 1.29 is 19.0 Å². The number of nitrogens with one attached hydrogen (secondary N) is 1. The van der Waals surface area contributed by atoms with Crippen LogP contribution >= 0.6 is 0 Å². The van der Waals surface area contributed by atoms with Gasteiger partial charge in [0, 0.05) is 24.3 Å². The predicted octanol–water partition coefficient (Wildman–Crippen LogP) is 3.35. The number of ether oxygens (including phenoxy) is 3. The van der Waals surface area contributed by atoms with Gasteiger partial charge in [0.2, 0.25) is 0 Å². The van der Waals surface area contributed by atoms with Crippen LogP contribution in [0.15, 0.2) is 42.5 Å². The van der Waals surface area contributed by atoms with Crippen LogP contribution in [0.5, 0.6) is 11.5 Å². The fourth-order valence-electron chi connectivity index (χ4n) is 2.51. The van der Waals surface area contributed by atoms with Gasteiger partial charge in [-0.05, 0) is 43.7 Å². The number of benzene rings is 2. The summed E-state index contributed by atoms with van der Waals surface area (Å²) in [6.45, 7) is 4.68. The monoisotopic (exact) mass is 343 g/mol. The summed E-state index contributed by atoms with van der Waals surface area (Å²) >= 11 is 0. The molecule has 25 heavy (non-hydrogen) atoms. The quantitative estimate of drug-likeness (QED) is 0.799. The molecule has 0 saturated heterocycles. The largest absolute Gasteiger partial charge is 0.496 e. The molecule has 1 atom stereocenters. The molecule has 5 heteroatoms. The van der Waals surface area contributed by atoms with Gasteiger partial charge in [-0.15, -0.1) is 0 Å². The zero-order valence-electron chi connectivity index (χ0n) is 15.2. The summed E-state index contributed by atoms with van der Waals surface area (Å²) in [5.74, 6) is 1.35. The number of amides is 1. The highest BCUT2D eigenvalue weighted by molar-refractivity contribution is 5.94. The van der Waals surface area contributed by atoms with Crippen LogP contribution in [0.2, 0.25) is 0 Å². The van der Waals surface area contributed by atoms with E-state index in [-0.39, 0.29) is 11.9 Å². The molecule has 0 fully saturated rings. The highest BCUT2D eigenvalue weighted by atomic mass is 16.5. The van der Waals surface area contributed by atoms with Gasteiger partial charge in [0.15, 0.2) is 0 Å². The van der Waals surface area contributed by atoms with E-state index in [4.69, 9.17) is 14.2 Å². The molecule has 0 aliphatic heterocycles. The van der Waals surface area contributed by atoms with E-state index in [1.807, 2.05) is 38.1 Å². The Balaban J connectivity index is 2.13. The van der Waals surface area contributed by atoms with Crippen molar-refractivity contribution in [1.82, 2.24) is 5.32 Å². The lowest BCUT2D eigenvalue weighted by molar-refractivity contribution is 0.0905. The van der Waals surface area contributed by atoms with Gasteiger partial charge in [-0.1, -0.05) is 18.2 Å². The van der Waals surface area contributed by atoms with E-state index in [9.17, 15) is 4.79 Å². The van der Waals surface area contributed by atoms with Crippen molar-refractivity contribution in [3.05, 3.63) is 59.2 Å². The minimum absolute atomic E-state index is 0.0636. The Bertz CT molecular complexity index is 715. The summed E-state index contributed by atoms with van der Waals surface area (Å²) in [4.78, 5) is 12.4. The highest BCUT2D eigenvalue weighted by Crippen LogP contribution is 2.24. The normalized spacial score (nSPS) is 11.7. The Morgan fingerprint density at radius 1 is 1.12 bits per heavy atom. The number of para-hydroxylation sites is 1. The molecular formula is C20H25NO4. The maximum atomic E-state index is 12.4. The van der Waals surface area contributed by atoms with Gasteiger partial charge in [-0.25, -0.2) is 0 Å². The third kappa shape index (κ3) is 5.22. The summed E-state index contributed by atoms with van der Waals surface area (Å²) in [5.41, 5.74) is 2.44. The van der Waals surface area contributed by atoms with Crippen LogP contribution in [0, 0.1) is 6.92 Å². The van der Waals surface area contributed by atoms with E-state index in [1.54, 1.807) is 32.4 Å². The van der Waals surface area contributed by atoms with E-state index in [0.717, 1.165) is 16.9 Å². The molecule has 2 rings (SSSR count). The molecule has 0 saturated carbocycles. The summed E-state index contributed by atoms with van der Waals surface area (Å²) in [7, 11) is 3.21. The smallest absolute Gasteiger partial charge is 0.251 e. The van der Waals surface area contributed by atoms with E-state index >= 15 is 0 Å². The number of carbonyl (C=O) groups excluding carboxylic acids is 1.